The van der Waals surface area contributed by atoms with E-state index in [-0.39, 0.29) is 37.8 Å². The third-order valence-electron chi connectivity index (χ3n) is 5.80. The van der Waals surface area contributed by atoms with E-state index in [0.717, 1.165) is 24.1 Å². The number of nitrogens with two attached hydrogens (primary N) is 1. The number of piperidine rings is 1. The second-order valence-corrected chi connectivity index (χ2v) is 7.57. The van der Waals surface area contributed by atoms with Crippen LogP contribution in [0.5, 0.6) is 0 Å². The largest absolute Gasteiger partial charge is 0.480 e. The topological polar surface area (TPSA) is 125 Å². The van der Waals surface area contributed by atoms with Crippen LogP contribution in [-0.4, -0.2) is 91.9 Å². The quantitative estimate of drug-likeness (QED) is 0.273. The molecule has 5 N–H and O–H groups in total. The van der Waals surface area contributed by atoms with E-state index < -0.39 is 29.2 Å². The van der Waals surface area contributed by atoms with Gasteiger partial charge in [0.25, 0.3) is 0 Å². The van der Waals surface area contributed by atoms with Gasteiger partial charge in [0.15, 0.2) is 0 Å². The predicted molar refractivity (Wildman–Crippen MR) is 119 cm³/mol. The van der Waals surface area contributed by atoms with E-state index in [1.807, 2.05) is 6.08 Å². The SMILES string of the molecule is Cl.Cl.[B]C(CCCO)C(N)(CCN1CCC2=CC(OC)C(O)(OC)C=C2C1)C(=O)O. The smallest absolute Gasteiger partial charge is 0.323 e. The van der Waals surface area contributed by atoms with E-state index in [1.165, 1.54) is 14.2 Å². The summed E-state index contributed by atoms with van der Waals surface area (Å²) in [6, 6.07) is 0. The first kappa shape index (κ1) is 29.4. The normalized spacial score (nSPS) is 26.8. The zero-order valence-corrected chi connectivity index (χ0v) is 19.1. The number of aliphatic hydroxyl groups is 2. The lowest BCUT2D eigenvalue weighted by molar-refractivity contribution is -0.203. The van der Waals surface area contributed by atoms with E-state index in [2.05, 4.69) is 4.90 Å². The van der Waals surface area contributed by atoms with E-state index in [9.17, 15) is 15.0 Å². The van der Waals surface area contributed by atoms with Gasteiger partial charge >= 0.3 is 5.97 Å². The molecule has 4 unspecified atom stereocenters. The van der Waals surface area contributed by atoms with Crippen LogP contribution >= 0.6 is 24.8 Å². The summed E-state index contributed by atoms with van der Waals surface area (Å²) < 4.78 is 10.6. The minimum atomic E-state index is -1.55. The molecular weight excluding hydrogens is 434 g/mol. The molecule has 8 nitrogen and oxygen atoms in total. The fraction of sp³-hybridized carbons (Fsp3) is 0.737. The number of halogens is 2. The first-order chi connectivity index (χ1) is 13.2. The van der Waals surface area contributed by atoms with Crippen LogP contribution in [0, 0.1) is 0 Å². The lowest BCUT2D eigenvalue weighted by Gasteiger charge is -2.40. The van der Waals surface area contributed by atoms with Crippen molar-refractivity contribution in [2.24, 2.45) is 5.73 Å². The molecule has 0 spiro atoms. The Morgan fingerprint density at radius 2 is 2.10 bits per heavy atom. The van der Waals surface area contributed by atoms with Gasteiger partial charge in [0.05, 0.1) is 7.85 Å². The number of rotatable bonds is 10. The van der Waals surface area contributed by atoms with E-state index in [0.29, 0.717) is 25.9 Å². The summed E-state index contributed by atoms with van der Waals surface area (Å²) in [6.45, 7) is 1.70. The van der Waals surface area contributed by atoms with Crippen molar-refractivity contribution in [2.75, 3.05) is 40.5 Å². The summed E-state index contributed by atoms with van der Waals surface area (Å²) >= 11 is 0. The van der Waals surface area contributed by atoms with Crippen molar-refractivity contribution in [1.82, 2.24) is 4.90 Å². The van der Waals surface area contributed by atoms with Crippen LogP contribution in [0.3, 0.4) is 0 Å². The van der Waals surface area contributed by atoms with Gasteiger partial charge in [-0.2, -0.15) is 0 Å². The molecule has 172 valence electrons. The van der Waals surface area contributed by atoms with Crippen molar-refractivity contribution in [1.29, 1.82) is 0 Å². The first-order valence-corrected chi connectivity index (χ1v) is 9.54. The van der Waals surface area contributed by atoms with Crippen LogP contribution in [0.4, 0.5) is 0 Å². The van der Waals surface area contributed by atoms with Crippen molar-refractivity contribution in [2.45, 2.75) is 48.9 Å². The Labute approximate surface area is 191 Å². The maximum atomic E-state index is 11.7. The molecule has 2 radical (unpaired) electrons. The number of hydrogen-bond acceptors (Lipinski definition) is 7. The Bertz CT molecular complexity index is 638. The molecule has 1 fully saturated rings. The van der Waals surface area contributed by atoms with Crippen LogP contribution in [0.25, 0.3) is 0 Å². The third-order valence-corrected chi connectivity index (χ3v) is 5.80. The number of likely N-dealkylation sites (tertiary alicyclic amines) is 1. The number of nitrogens with zero attached hydrogens (tertiary/aromatic N) is 1. The molecule has 30 heavy (non-hydrogen) atoms. The average Bonchev–Trinajstić information content (AvgIpc) is 2.69. The maximum Gasteiger partial charge on any atom is 0.323 e. The van der Waals surface area contributed by atoms with Gasteiger partial charge in [0.2, 0.25) is 5.79 Å². The Morgan fingerprint density at radius 3 is 2.63 bits per heavy atom. The van der Waals surface area contributed by atoms with E-state index in [1.54, 1.807) is 6.08 Å². The molecule has 0 amide bonds. The fourth-order valence-corrected chi connectivity index (χ4v) is 3.79. The summed E-state index contributed by atoms with van der Waals surface area (Å²) in [7, 11) is 8.97. The van der Waals surface area contributed by atoms with Crippen molar-refractivity contribution in [3.05, 3.63) is 23.3 Å². The molecule has 1 aliphatic carbocycles. The Hall–Kier alpha value is -0.645. The highest BCUT2D eigenvalue weighted by Gasteiger charge is 2.41. The summed E-state index contributed by atoms with van der Waals surface area (Å²) in [4.78, 5) is 13.8. The van der Waals surface area contributed by atoms with Crippen LogP contribution in [0.1, 0.15) is 25.7 Å². The zero-order chi connectivity index (χ0) is 20.9. The van der Waals surface area contributed by atoms with Crippen molar-refractivity contribution in [3.63, 3.8) is 0 Å². The Balaban J connectivity index is 0.00000420. The average molecular weight is 467 g/mol. The van der Waals surface area contributed by atoms with Gasteiger partial charge in [-0.1, -0.05) is 6.42 Å². The number of ether oxygens (including phenoxy) is 2. The minimum Gasteiger partial charge on any atom is -0.480 e. The summed E-state index contributed by atoms with van der Waals surface area (Å²) in [5.41, 5.74) is 6.62. The number of aliphatic hydroxyl groups excluding tert-OH is 1. The van der Waals surface area contributed by atoms with Gasteiger partial charge in [-0.15, -0.1) is 24.8 Å². The molecule has 11 heteroatoms. The van der Waals surface area contributed by atoms with E-state index >= 15 is 0 Å². The monoisotopic (exact) mass is 466 g/mol. The molecule has 0 aromatic heterocycles. The van der Waals surface area contributed by atoms with E-state index in [4.69, 9.17) is 28.2 Å². The molecule has 0 saturated carbocycles. The lowest BCUT2D eigenvalue weighted by Crippen LogP contribution is -2.54. The minimum absolute atomic E-state index is 0. The number of carboxylic acid groups (broad SMARTS) is 1. The van der Waals surface area contributed by atoms with Gasteiger partial charge in [-0.05, 0) is 48.4 Å². The number of methoxy groups -OCH3 is 2. The lowest BCUT2D eigenvalue weighted by atomic mass is 9.67. The zero-order valence-electron chi connectivity index (χ0n) is 17.5. The van der Waals surface area contributed by atoms with Crippen LogP contribution in [0.2, 0.25) is 5.82 Å². The molecule has 2 aliphatic rings. The second kappa shape index (κ2) is 12.4. The number of carboxylic acids is 1. The molecule has 0 aromatic rings. The highest BCUT2D eigenvalue weighted by atomic mass is 35.5. The van der Waals surface area contributed by atoms with Crippen molar-refractivity contribution in [3.8, 4) is 0 Å². The molecule has 1 heterocycles. The molecule has 4 atom stereocenters. The standard InChI is InChI=1S/C19H31BN2O6.2ClH/c1-27-16-10-13-5-7-22(12-14(13)11-19(16,26)28-2)8-6-18(21,17(24)25)15(20)4-3-9-23;;/h10-11,15-16,23,26H,3-9,12,21H2,1-2H3,(H,24,25);2*1H. The third kappa shape index (κ3) is 6.43. The van der Waals surface area contributed by atoms with Crippen LogP contribution < -0.4 is 5.73 Å². The highest BCUT2D eigenvalue weighted by Crippen LogP contribution is 2.34. The Kier molecular flexibility index (Phi) is 12.1. The summed E-state index contributed by atoms with van der Waals surface area (Å²) in [6.07, 6.45) is 4.68. The molecule has 1 aliphatic heterocycles. The summed E-state index contributed by atoms with van der Waals surface area (Å²) in [5, 5.41) is 29.2. The summed E-state index contributed by atoms with van der Waals surface area (Å²) in [5.74, 6) is -3.40. The van der Waals surface area contributed by atoms with Crippen molar-refractivity contribution >= 4 is 38.6 Å². The molecule has 0 bridgehead atoms. The van der Waals surface area contributed by atoms with Gasteiger partial charge in [-0.3, -0.25) is 9.69 Å². The first-order valence-electron chi connectivity index (χ1n) is 9.54. The second-order valence-electron chi connectivity index (χ2n) is 7.57. The van der Waals surface area contributed by atoms with Gasteiger partial charge in [0.1, 0.15) is 11.6 Å². The number of aliphatic carboxylic acids is 1. The van der Waals surface area contributed by atoms with Crippen LogP contribution in [0.15, 0.2) is 23.3 Å². The van der Waals surface area contributed by atoms with Crippen molar-refractivity contribution < 1.29 is 29.6 Å². The maximum absolute atomic E-state index is 11.7. The number of hydrogen-bond donors (Lipinski definition) is 4. The molecule has 2 rings (SSSR count). The van der Waals surface area contributed by atoms with Gasteiger partial charge in [0, 0.05) is 40.5 Å². The van der Waals surface area contributed by atoms with Crippen LogP contribution in [-0.2, 0) is 14.3 Å². The van der Waals surface area contributed by atoms with Gasteiger partial charge < -0.3 is 30.5 Å². The van der Waals surface area contributed by atoms with Gasteiger partial charge in [-0.25, -0.2) is 0 Å². The molecule has 1 saturated heterocycles. The molecular formula is C19H33BCl2N2O6. The fourth-order valence-electron chi connectivity index (χ4n) is 3.79. The molecule has 0 aromatic carbocycles. The number of carbonyl (C=O) groups is 1. The number of fused-ring (bicyclic) bond motifs is 1. The highest BCUT2D eigenvalue weighted by molar-refractivity contribution is 6.15. The predicted octanol–water partition coefficient (Wildman–Crippen LogP) is 0.654. The Morgan fingerprint density at radius 1 is 1.43 bits per heavy atom.